The molecular formula is C30H45NO6SSi. The fraction of sp³-hybridized carbons (Fsp3) is 0.567. The molecule has 0 aliphatic carbocycles. The number of ether oxygens (including phenoxy) is 1. The number of carbonyl (C=O) groups excluding carboxylic acids is 1. The van der Waals surface area contributed by atoms with Gasteiger partial charge in [-0.05, 0) is 53.4 Å². The van der Waals surface area contributed by atoms with Gasteiger partial charge in [-0.15, -0.1) is 0 Å². The average molecular weight is 576 g/mol. The summed E-state index contributed by atoms with van der Waals surface area (Å²) < 4.78 is 41.3. The second-order valence-electron chi connectivity index (χ2n) is 11.7. The summed E-state index contributed by atoms with van der Waals surface area (Å²) in [5.74, 6) is -1.04. The number of benzene rings is 2. The number of aliphatic hydroxyl groups is 1. The van der Waals surface area contributed by atoms with Gasteiger partial charge >= 0.3 is 5.97 Å². The predicted molar refractivity (Wildman–Crippen MR) is 157 cm³/mol. The van der Waals surface area contributed by atoms with Crippen LogP contribution in [0.3, 0.4) is 0 Å². The number of aryl methyl sites for hydroxylation is 1. The lowest BCUT2D eigenvalue weighted by molar-refractivity contribution is 0.0345. The molecule has 39 heavy (non-hydrogen) atoms. The third-order valence-electron chi connectivity index (χ3n) is 8.40. The SMILES string of the molecule is COC(=O)c1ccc(C2C(CO)CN(S(=O)(=O)c3ccc(C)cc3)CC2O[Si](C(C)C)(C(C)C)C(C)C)cc1. The van der Waals surface area contributed by atoms with Crippen molar-refractivity contribution in [1.29, 1.82) is 0 Å². The lowest BCUT2D eigenvalue weighted by Gasteiger charge is -2.50. The van der Waals surface area contributed by atoms with E-state index in [9.17, 15) is 18.3 Å². The molecule has 1 fully saturated rings. The molecule has 0 saturated carbocycles. The Balaban J connectivity index is 2.12. The van der Waals surface area contributed by atoms with E-state index in [1.807, 2.05) is 19.1 Å². The van der Waals surface area contributed by atoms with Crippen LogP contribution in [0.25, 0.3) is 0 Å². The number of rotatable bonds is 10. The molecule has 1 N–H and O–H groups in total. The first-order valence-electron chi connectivity index (χ1n) is 13.8. The van der Waals surface area contributed by atoms with E-state index in [1.165, 1.54) is 11.4 Å². The molecule has 3 unspecified atom stereocenters. The van der Waals surface area contributed by atoms with Crippen LogP contribution in [0.15, 0.2) is 53.4 Å². The fourth-order valence-corrected chi connectivity index (χ4v) is 13.6. The summed E-state index contributed by atoms with van der Waals surface area (Å²) in [6.45, 7) is 15.3. The van der Waals surface area contributed by atoms with Crippen LogP contribution in [0, 0.1) is 12.8 Å². The van der Waals surface area contributed by atoms with Crippen molar-refractivity contribution in [2.45, 2.75) is 82.0 Å². The average Bonchev–Trinajstić information content (AvgIpc) is 2.90. The molecule has 7 nitrogen and oxygen atoms in total. The summed E-state index contributed by atoms with van der Waals surface area (Å²) in [5.41, 5.74) is 3.25. The van der Waals surface area contributed by atoms with E-state index in [1.54, 1.807) is 36.4 Å². The molecule has 0 aromatic heterocycles. The topological polar surface area (TPSA) is 93.1 Å². The second-order valence-corrected chi connectivity index (χ2v) is 19.0. The van der Waals surface area contributed by atoms with Gasteiger partial charge in [-0.2, -0.15) is 4.31 Å². The van der Waals surface area contributed by atoms with Gasteiger partial charge < -0.3 is 14.3 Å². The molecule has 216 valence electrons. The molecule has 0 spiro atoms. The minimum atomic E-state index is -3.80. The Bertz CT molecular complexity index is 1190. The van der Waals surface area contributed by atoms with Crippen molar-refractivity contribution in [2.75, 3.05) is 26.8 Å². The van der Waals surface area contributed by atoms with Crippen molar-refractivity contribution in [1.82, 2.24) is 4.31 Å². The third kappa shape index (κ3) is 6.33. The number of methoxy groups -OCH3 is 1. The molecule has 0 radical (unpaired) electrons. The van der Waals surface area contributed by atoms with Crippen LogP contribution in [0.1, 0.15) is 68.9 Å². The van der Waals surface area contributed by atoms with E-state index >= 15 is 0 Å². The molecular weight excluding hydrogens is 530 g/mol. The smallest absolute Gasteiger partial charge is 0.337 e. The number of sulfonamides is 1. The number of piperidine rings is 1. The molecule has 3 atom stereocenters. The first-order valence-corrected chi connectivity index (χ1v) is 17.4. The van der Waals surface area contributed by atoms with Crippen LogP contribution >= 0.6 is 0 Å². The lowest BCUT2D eigenvalue weighted by atomic mass is 9.79. The molecule has 1 aliphatic heterocycles. The van der Waals surface area contributed by atoms with E-state index in [2.05, 4.69) is 41.5 Å². The largest absolute Gasteiger partial charge is 0.465 e. The van der Waals surface area contributed by atoms with E-state index in [4.69, 9.17) is 9.16 Å². The van der Waals surface area contributed by atoms with Crippen LogP contribution in [0.5, 0.6) is 0 Å². The van der Waals surface area contributed by atoms with Crippen molar-refractivity contribution in [3.63, 3.8) is 0 Å². The highest BCUT2D eigenvalue weighted by molar-refractivity contribution is 7.89. The molecule has 1 aliphatic rings. The zero-order chi connectivity index (χ0) is 29.1. The third-order valence-corrected chi connectivity index (χ3v) is 16.4. The first kappa shape index (κ1) is 31.5. The zero-order valence-corrected chi connectivity index (χ0v) is 26.4. The Morgan fingerprint density at radius 2 is 1.49 bits per heavy atom. The maximum absolute atomic E-state index is 13.8. The number of nitrogens with zero attached hydrogens (tertiary/aromatic N) is 1. The predicted octanol–water partition coefficient (Wildman–Crippen LogP) is 5.74. The monoisotopic (exact) mass is 575 g/mol. The summed E-state index contributed by atoms with van der Waals surface area (Å²) in [5, 5.41) is 10.6. The molecule has 9 heteroatoms. The molecule has 2 aromatic rings. The number of hydrogen-bond donors (Lipinski definition) is 1. The Labute approximate surface area is 235 Å². The van der Waals surface area contributed by atoms with Gasteiger partial charge in [0.2, 0.25) is 18.3 Å². The van der Waals surface area contributed by atoms with Crippen LogP contribution in [-0.2, 0) is 19.2 Å². The van der Waals surface area contributed by atoms with E-state index in [0.717, 1.165) is 11.1 Å². The normalized spacial score (nSPS) is 21.1. The van der Waals surface area contributed by atoms with E-state index in [0.29, 0.717) is 22.2 Å². The van der Waals surface area contributed by atoms with Gasteiger partial charge in [0.05, 0.1) is 23.7 Å². The molecule has 1 saturated heterocycles. The van der Waals surface area contributed by atoms with Crippen molar-refractivity contribution >= 4 is 24.3 Å². The van der Waals surface area contributed by atoms with Gasteiger partial charge in [0.1, 0.15) is 0 Å². The number of esters is 1. The lowest BCUT2D eigenvalue weighted by Crippen LogP contribution is -2.58. The highest BCUT2D eigenvalue weighted by Gasteiger charge is 2.51. The fourth-order valence-electron chi connectivity index (χ4n) is 6.52. The van der Waals surface area contributed by atoms with Crippen molar-refractivity contribution in [3.05, 3.63) is 65.2 Å². The van der Waals surface area contributed by atoms with Gasteiger partial charge in [-0.1, -0.05) is 71.4 Å². The quantitative estimate of drug-likeness (QED) is 0.287. The van der Waals surface area contributed by atoms with Crippen LogP contribution in [0.4, 0.5) is 0 Å². The molecule has 0 amide bonds. The molecule has 0 bridgehead atoms. The van der Waals surface area contributed by atoms with Crippen molar-refractivity contribution in [3.8, 4) is 0 Å². The maximum atomic E-state index is 13.8. The van der Waals surface area contributed by atoms with E-state index < -0.39 is 30.4 Å². The van der Waals surface area contributed by atoms with Crippen LogP contribution in [0.2, 0.25) is 16.6 Å². The standard InChI is InChI=1S/C30H45NO6SSi/c1-20(2)39(21(3)4,22(5)6)37-28-18-31(38(34,35)27-15-9-23(7)10-16-27)17-26(19-32)29(28)24-11-13-25(14-12-24)30(33)36-8/h9-16,20-22,26,28-29,32H,17-19H2,1-8H3. The van der Waals surface area contributed by atoms with E-state index in [-0.39, 0.29) is 36.4 Å². The highest BCUT2D eigenvalue weighted by atomic mass is 32.2. The highest BCUT2D eigenvalue weighted by Crippen LogP contribution is 2.47. The van der Waals surface area contributed by atoms with Crippen LogP contribution in [-0.4, -0.2) is 65.0 Å². The summed E-state index contributed by atoms with van der Waals surface area (Å²) in [6.07, 6.45) is -0.459. The zero-order valence-electron chi connectivity index (χ0n) is 24.5. The summed E-state index contributed by atoms with van der Waals surface area (Å²) in [7, 11) is -4.87. The molecule has 3 rings (SSSR count). The molecule has 1 heterocycles. The van der Waals surface area contributed by atoms with Gasteiger partial charge in [-0.25, -0.2) is 13.2 Å². The first-order chi connectivity index (χ1) is 18.3. The Morgan fingerprint density at radius 3 is 1.95 bits per heavy atom. The molecule has 2 aromatic carbocycles. The second kappa shape index (κ2) is 12.6. The Hall–Kier alpha value is -2.04. The Kier molecular flexibility index (Phi) is 10.2. The van der Waals surface area contributed by atoms with Crippen molar-refractivity contribution < 1.29 is 27.5 Å². The van der Waals surface area contributed by atoms with Crippen molar-refractivity contribution in [2.24, 2.45) is 5.92 Å². The minimum absolute atomic E-state index is 0.176. The summed E-state index contributed by atoms with van der Waals surface area (Å²) >= 11 is 0. The van der Waals surface area contributed by atoms with Gasteiger partial charge in [0.25, 0.3) is 0 Å². The Morgan fingerprint density at radius 1 is 0.949 bits per heavy atom. The minimum Gasteiger partial charge on any atom is -0.465 e. The van der Waals surface area contributed by atoms with Gasteiger partial charge in [-0.3, -0.25) is 0 Å². The summed E-state index contributed by atoms with van der Waals surface area (Å²) in [6, 6.07) is 14.1. The van der Waals surface area contributed by atoms with Crippen LogP contribution < -0.4 is 0 Å². The number of hydrogen-bond acceptors (Lipinski definition) is 6. The van der Waals surface area contributed by atoms with Gasteiger partial charge in [0, 0.05) is 31.5 Å². The van der Waals surface area contributed by atoms with Gasteiger partial charge in [0.15, 0.2) is 0 Å². The maximum Gasteiger partial charge on any atom is 0.337 e. The number of aliphatic hydroxyl groups excluding tert-OH is 1. The number of carbonyl (C=O) groups is 1. The summed E-state index contributed by atoms with van der Waals surface area (Å²) in [4.78, 5) is 12.3.